The first-order chi connectivity index (χ1) is 15.2. The van der Waals surface area contributed by atoms with E-state index in [9.17, 15) is 22.8 Å². The molecule has 2 fully saturated rings. The van der Waals surface area contributed by atoms with Crippen LogP contribution in [-0.2, 0) is 15.8 Å². The van der Waals surface area contributed by atoms with Gasteiger partial charge in [0, 0.05) is 49.9 Å². The van der Waals surface area contributed by atoms with E-state index in [1.165, 1.54) is 7.11 Å². The van der Waals surface area contributed by atoms with Crippen LogP contribution in [0.5, 0.6) is 11.6 Å². The van der Waals surface area contributed by atoms with Gasteiger partial charge < -0.3 is 19.3 Å². The molecule has 4 rings (SSSR count). The molecule has 0 radical (unpaired) electrons. The first kappa shape index (κ1) is 21.9. The molecule has 2 saturated heterocycles. The zero-order valence-corrected chi connectivity index (χ0v) is 17.3. The maximum atomic E-state index is 13.0. The van der Waals surface area contributed by atoms with E-state index in [1.54, 1.807) is 34.1 Å². The van der Waals surface area contributed by atoms with Crippen molar-refractivity contribution in [1.82, 2.24) is 9.88 Å². The number of carbonyl (C=O) groups excluding carboxylic acids is 2. The van der Waals surface area contributed by atoms with Crippen molar-refractivity contribution in [3.05, 3.63) is 48.2 Å². The predicted molar refractivity (Wildman–Crippen MR) is 108 cm³/mol. The summed E-state index contributed by atoms with van der Waals surface area (Å²) in [6.45, 7) is 0.912. The lowest BCUT2D eigenvalue weighted by atomic mass is 10.1. The van der Waals surface area contributed by atoms with Crippen LogP contribution < -0.4 is 14.4 Å². The second-order valence-electron chi connectivity index (χ2n) is 7.80. The molecule has 0 spiro atoms. The number of rotatable bonds is 5. The molecule has 1 aromatic heterocycles. The van der Waals surface area contributed by atoms with Gasteiger partial charge in [-0.3, -0.25) is 9.59 Å². The lowest BCUT2D eigenvalue weighted by Gasteiger charge is -2.21. The Kier molecular flexibility index (Phi) is 5.94. The highest BCUT2D eigenvalue weighted by atomic mass is 19.4. The van der Waals surface area contributed by atoms with E-state index in [1.807, 2.05) is 0 Å². The number of anilines is 1. The Morgan fingerprint density at radius 2 is 2.00 bits per heavy atom. The van der Waals surface area contributed by atoms with Gasteiger partial charge in [-0.05, 0) is 18.2 Å². The zero-order valence-electron chi connectivity index (χ0n) is 17.3. The fourth-order valence-corrected chi connectivity index (χ4v) is 4.00. The van der Waals surface area contributed by atoms with Gasteiger partial charge in [0.05, 0.1) is 25.1 Å². The van der Waals surface area contributed by atoms with E-state index in [-0.39, 0.29) is 37.2 Å². The third kappa shape index (κ3) is 4.63. The second-order valence-corrected chi connectivity index (χ2v) is 7.80. The number of amides is 2. The minimum atomic E-state index is -4.48. The number of aromatic nitrogens is 1. The Morgan fingerprint density at radius 3 is 2.75 bits per heavy atom. The van der Waals surface area contributed by atoms with Crippen LogP contribution in [0, 0.1) is 5.92 Å². The summed E-state index contributed by atoms with van der Waals surface area (Å²) >= 11 is 0. The fourth-order valence-electron chi connectivity index (χ4n) is 4.00. The molecule has 10 heteroatoms. The number of ether oxygens (including phenoxy) is 2. The highest BCUT2D eigenvalue weighted by Gasteiger charge is 2.40. The summed E-state index contributed by atoms with van der Waals surface area (Å²) in [5.41, 5.74) is -0.168. The van der Waals surface area contributed by atoms with E-state index < -0.39 is 23.8 Å². The van der Waals surface area contributed by atoms with Crippen molar-refractivity contribution in [2.75, 3.05) is 31.6 Å². The molecule has 32 heavy (non-hydrogen) atoms. The van der Waals surface area contributed by atoms with Gasteiger partial charge in [-0.2, -0.15) is 13.2 Å². The van der Waals surface area contributed by atoms with E-state index in [0.717, 1.165) is 18.3 Å². The Bertz CT molecular complexity index is 1010. The molecular weight excluding hydrogens is 427 g/mol. The van der Waals surface area contributed by atoms with Crippen LogP contribution in [0.4, 0.5) is 18.9 Å². The van der Waals surface area contributed by atoms with Crippen molar-refractivity contribution >= 4 is 17.5 Å². The van der Waals surface area contributed by atoms with E-state index >= 15 is 0 Å². The van der Waals surface area contributed by atoms with Crippen LogP contribution in [-0.4, -0.2) is 54.5 Å². The van der Waals surface area contributed by atoms with Crippen LogP contribution in [0.3, 0.4) is 0 Å². The van der Waals surface area contributed by atoms with Gasteiger partial charge in [-0.1, -0.05) is 6.07 Å². The van der Waals surface area contributed by atoms with Crippen molar-refractivity contribution in [3.8, 4) is 11.6 Å². The molecule has 2 atom stereocenters. The summed E-state index contributed by atoms with van der Waals surface area (Å²) in [6.07, 6.45) is -3.31. The van der Waals surface area contributed by atoms with E-state index in [4.69, 9.17) is 9.47 Å². The number of benzene rings is 1. The molecule has 3 heterocycles. The summed E-state index contributed by atoms with van der Waals surface area (Å²) in [5.74, 6) is -0.296. The Morgan fingerprint density at radius 1 is 1.19 bits per heavy atom. The molecule has 2 aliphatic rings. The molecule has 2 amide bonds. The topological polar surface area (TPSA) is 72.0 Å². The summed E-state index contributed by atoms with van der Waals surface area (Å²) in [6, 6.07) is 8.81. The highest BCUT2D eigenvalue weighted by molar-refractivity contribution is 6.00. The average molecular weight is 449 g/mol. The molecule has 0 bridgehead atoms. The molecule has 2 aromatic rings. The number of pyridine rings is 1. The Labute approximate surface area is 182 Å². The van der Waals surface area contributed by atoms with Gasteiger partial charge >= 0.3 is 6.18 Å². The smallest absolute Gasteiger partial charge is 0.416 e. The normalized spacial score (nSPS) is 21.2. The minimum Gasteiger partial charge on any atom is -0.497 e. The summed E-state index contributed by atoms with van der Waals surface area (Å²) in [5, 5.41) is 0. The van der Waals surface area contributed by atoms with Gasteiger partial charge in [-0.25, -0.2) is 4.98 Å². The van der Waals surface area contributed by atoms with Gasteiger partial charge in [0.1, 0.15) is 11.9 Å². The molecular formula is C22H22F3N3O4. The number of alkyl halides is 3. The number of hydrogen-bond acceptors (Lipinski definition) is 5. The minimum absolute atomic E-state index is 0.104. The average Bonchev–Trinajstić information content (AvgIpc) is 3.39. The molecule has 2 aliphatic heterocycles. The first-order valence-electron chi connectivity index (χ1n) is 10.2. The summed E-state index contributed by atoms with van der Waals surface area (Å²) < 4.78 is 49.4. The molecule has 0 N–H and O–H groups in total. The zero-order chi connectivity index (χ0) is 22.9. The summed E-state index contributed by atoms with van der Waals surface area (Å²) in [7, 11) is 1.54. The third-order valence-corrected chi connectivity index (χ3v) is 5.65. The van der Waals surface area contributed by atoms with Gasteiger partial charge in [0.15, 0.2) is 0 Å². The van der Waals surface area contributed by atoms with Crippen LogP contribution in [0.1, 0.15) is 18.4 Å². The largest absolute Gasteiger partial charge is 0.497 e. The molecule has 170 valence electrons. The molecule has 0 saturated carbocycles. The van der Waals surface area contributed by atoms with Crippen LogP contribution in [0.2, 0.25) is 0 Å². The number of halogens is 3. The maximum Gasteiger partial charge on any atom is 0.416 e. The molecule has 1 aromatic carbocycles. The van der Waals surface area contributed by atoms with E-state index in [2.05, 4.69) is 4.98 Å². The Balaban J connectivity index is 1.36. The van der Waals surface area contributed by atoms with Crippen molar-refractivity contribution in [3.63, 3.8) is 0 Å². The number of carbonyl (C=O) groups is 2. The third-order valence-electron chi connectivity index (χ3n) is 5.65. The van der Waals surface area contributed by atoms with Crippen LogP contribution >= 0.6 is 0 Å². The summed E-state index contributed by atoms with van der Waals surface area (Å²) in [4.78, 5) is 32.5. The van der Waals surface area contributed by atoms with Crippen LogP contribution in [0.25, 0.3) is 0 Å². The van der Waals surface area contributed by atoms with Gasteiger partial charge in [0.25, 0.3) is 0 Å². The van der Waals surface area contributed by atoms with Gasteiger partial charge in [-0.15, -0.1) is 0 Å². The van der Waals surface area contributed by atoms with Crippen molar-refractivity contribution in [1.29, 1.82) is 0 Å². The molecule has 2 unspecified atom stereocenters. The number of methoxy groups -OCH3 is 1. The van der Waals surface area contributed by atoms with Crippen molar-refractivity contribution in [2.45, 2.75) is 25.1 Å². The van der Waals surface area contributed by atoms with E-state index in [0.29, 0.717) is 24.4 Å². The number of hydrogen-bond donors (Lipinski definition) is 0. The highest BCUT2D eigenvalue weighted by Crippen LogP contribution is 2.32. The van der Waals surface area contributed by atoms with Crippen molar-refractivity contribution in [2.24, 2.45) is 5.92 Å². The predicted octanol–water partition coefficient (Wildman–Crippen LogP) is 3.14. The van der Waals surface area contributed by atoms with Crippen molar-refractivity contribution < 1.29 is 32.2 Å². The number of likely N-dealkylation sites (tertiary alicyclic amines) is 1. The standard InChI is InChI=1S/C22H22F3N3O4/c1-31-17-4-2-3-16(11-17)28-12-14(9-20(28)29)21(30)27-8-6-18(13-27)32-19-10-15(5-7-26-19)22(23,24)25/h2-5,7,10-11,14,18H,6,8-9,12-13H2,1H3. The first-order valence-corrected chi connectivity index (χ1v) is 10.2. The van der Waals surface area contributed by atoms with Gasteiger partial charge in [0.2, 0.25) is 17.7 Å². The fraction of sp³-hybridized carbons (Fsp3) is 0.409. The quantitative estimate of drug-likeness (QED) is 0.702. The SMILES string of the molecule is COc1cccc(N2CC(C(=O)N3CCC(Oc4cc(C(F)(F)F)ccn4)C3)CC2=O)c1. The van der Waals surface area contributed by atoms with Crippen LogP contribution in [0.15, 0.2) is 42.6 Å². The lowest BCUT2D eigenvalue weighted by Crippen LogP contribution is -2.37. The number of nitrogens with zero attached hydrogens (tertiary/aromatic N) is 3. The second kappa shape index (κ2) is 8.68. The lowest BCUT2D eigenvalue weighted by molar-refractivity contribution is -0.137. The Hall–Kier alpha value is -3.30. The maximum absolute atomic E-state index is 13.0. The monoisotopic (exact) mass is 449 g/mol. The molecule has 7 nitrogen and oxygen atoms in total. The molecule has 0 aliphatic carbocycles.